The first kappa shape index (κ1) is 17.0. The number of amides is 1. The van der Waals surface area contributed by atoms with Gasteiger partial charge < -0.3 is 9.64 Å². The lowest BCUT2D eigenvalue weighted by Gasteiger charge is -2.27. The van der Waals surface area contributed by atoms with Gasteiger partial charge in [0.1, 0.15) is 5.60 Å². The Labute approximate surface area is 130 Å². The van der Waals surface area contributed by atoms with Crippen molar-refractivity contribution in [1.29, 1.82) is 0 Å². The van der Waals surface area contributed by atoms with Gasteiger partial charge in [-0.15, -0.1) is 0 Å². The van der Waals surface area contributed by atoms with Crippen LogP contribution in [0, 0.1) is 6.92 Å². The van der Waals surface area contributed by atoms with Crippen LogP contribution in [0.15, 0.2) is 24.3 Å². The maximum atomic E-state index is 12.3. The zero-order valence-corrected chi connectivity index (χ0v) is 14.4. The Kier molecular flexibility index (Phi) is 6.53. The van der Waals surface area contributed by atoms with E-state index in [0.717, 1.165) is 17.3 Å². The molecule has 0 unspecified atom stereocenters. The molecule has 0 aromatic heterocycles. The molecule has 0 spiro atoms. The number of ether oxygens (including phenoxy) is 1. The van der Waals surface area contributed by atoms with Crippen molar-refractivity contribution in [3.63, 3.8) is 0 Å². The molecule has 0 aliphatic heterocycles. The number of hydrogen-bond acceptors (Lipinski definition) is 2. The van der Waals surface area contributed by atoms with Gasteiger partial charge in [0, 0.05) is 18.4 Å². The van der Waals surface area contributed by atoms with E-state index in [1.54, 1.807) is 4.90 Å². The van der Waals surface area contributed by atoms with E-state index in [-0.39, 0.29) is 6.09 Å². The van der Waals surface area contributed by atoms with E-state index in [1.165, 1.54) is 5.56 Å². The molecular weight excluding hydrogens is 318 g/mol. The molecule has 4 heteroatoms. The fraction of sp³-hybridized carbons (Fsp3) is 0.562. The van der Waals surface area contributed by atoms with E-state index in [4.69, 9.17) is 4.74 Å². The number of aryl methyl sites for hydroxylation is 1. The van der Waals surface area contributed by atoms with Gasteiger partial charge in [-0.25, -0.2) is 4.79 Å². The third kappa shape index (κ3) is 5.95. The minimum absolute atomic E-state index is 0.248. The summed E-state index contributed by atoms with van der Waals surface area (Å²) in [5, 5.41) is 0.875. The third-order valence-corrected chi connectivity index (χ3v) is 3.40. The van der Waals surface area contributed by atoms with Gasteiger partial charge in [-0.1, -0.05) is 40.2 Å². The maximum absolute atomic E-state index is 12.3. The van der Waals surface area contributed by atoms with Gasteiger partial charge in [0.05, 0.1) is 0 Å². The first-order chi connectivity index (χ1) is 9.33. The molecule has 1 aromatic rings. The molecule has 0 radical (unpaired) electrons. The van der Waals surface area contributed by atoms with Gasteiger partial charge in [0.15, 0.2) is 0 Å². The molecule has 0 heterocycles. The Hall–Kier alpha value is -1.03. The van der Waals surface area contributed by atoms with Gasteiger partial charge >= 0.3 is 6.09 Å². The Bertz CT molecular complexity index is 440. The predicted molar refractivity (Wildman–Crippen MR) is 86.2 cm³/mol. The summed E-state index contributed by atoms with van der Waals surface area (Å²) in [4.78, 5) is 14.0. The van der Waals surface area contributed by atoms with Crippen LogP contribution in [0.3, 0.4) is 0 Å². The van der Waals surface area contributed by atoms with E-state index in [2.05, 4.69) is 35.0 Å². The normalized spacial score (nSPS) is 11.2. The quantitative estimate of drug-likeness (QED) is 0.737. The van der Waals surface area contributed by atoms with Gasteiger partial charge in [-0.05, 0) is 45.2 Å². The van der Waals surface area contributed by atoms with Crippen molar-refractivity contribution in [3.8, 4) is 0 Å². The molecule has 0 atom stereocenters. The second-order valence-electron chi connectivity index (χ2n) is 5.87. The molecular formula is C16H24BrNO2. The number of hydrogen-bond donors (Lipinski definition) is 0. The summed E-state index contributed by atoms with van der Waals surface area (Å²) in [6.45, 7) is 9.01. The molecule has 0 N–H and O–H groups in total. The summed E-state index contributed by atoms with van der Waals surface area (Å²) in [6.07, 6.45) is 0.659. The van der Waals surface area contributed by atoms with Crippen molar-refractivity contribution in [2.45, 2.75) is 46.3 Å². The number of nitrogens with zero attached hydrogens (tertiary/aromatic N) is 1. The lowest BCUT2D eigenvalue weighted by molar-refractivity contribution is 0.0234. The van der Waals surface area contributed by atoms with Crippen LogP contribution in [0.4, 0.5) is 4.79 Å². The Morgan fingerprint density at radius 3 is 2.50 bits per heavy atom. The highest BCUT2D eigenvalue weighted by molar-refractivity contribution is 9.09. The Balaban J connectivity index is 2.79. The highest BCUT2D eigenvalue weighted by atomic mass is 79.9. The monoisotopic (exact) mass is 341 g/mol. The molecule has 0 fully saturated rings. The largest absolute Gasteiger partial charge is 0.444 e. The molecule has 0 bridgehead atoms. The number of benzene rings is 1. The first-order valence-electron chi connectivity index (χ1n) is 6.92. The predicted octanol–water partition coefficient (Wildman–Crippen LogP) is 4.52. The molecule has 112 valence electrons. The van der Waals surface area contributed by atoms with Crippen molar-refractivity contribution in [2.75, 3.05) is 11.9 Å². The van der Waals surface area contributed by atoms with Crippen molar-refractivity contribution >= 4 is 22.0 Å². The van der Waals surface area contributed by atoms with Gasteiger partial charge in [-0.3, -0.25) is 0 Å². The van der Waals surface area contributed by atoms with Gasteiger partial charge in [0.25, 0.3) is 0 Å². The lowest BCUT2D eigenvalue weighted by atomic mass is 10.1. The van der Waals surface area contributed by atoms with Crippen LogP contribution in [-0.4, -0.2) is 28.5 Å². The minimum Gasteiger partial charge on any atom is -0.444 e. The molecule has 3 nitrogen and oxygen atoms in total. The fourth-order valence-electron chi connectivity index (χ4n) is 1.81. The minimum atomic E-state index is -0.463. The smallest absolute Gasteiger partial charge is 0.410 e. The van der Waals surface area contributed by atoms with Crippen molar-refractivity contribution in [2.24, 2.45) is 0 Å². The van der Waals surface area contributed by atoms with Crippen LogP contribution < -0.4 is 0 Å². The van der Waals surface area contributed by atoms with Crippen molar-refractivity contribution in [1.82, 2.24) is 4.90 Å². The van der Waals surface area contributed by atoms with Gasteiger partial charge in [0.2, 0.25) is 0 Å². The standard InChI is InChI=1S/C16H24BrNO2/c1-13-8-5-6-9-14(13)12-18(11-7-10-17)15(19)20-16(2,3)4/h5-6,8-9H,7,10-12H2,1-4H3. The average molecular weight is 342 g/mol. The zero-order valence-electron chi connectivity index (χ0n) is 12.8. The summed E-state index contributed by atoms with van der Waals surface area (Å²) in [5.41, 5.74) is 1.89. The van der Waals surface area contributed by atoms with Crippen LogP contribution in [0.5, 0.6) is 0 Å². The first-order valence-corrected chi connectivity index (χ1v) is 8.04. The fourth-order valence-corrected chi connectivity index (χ4v) is 2.06. The number of carbonyl (C=O) groups excluding carboxylic acids is 1. The number of carbonyl (C=O) groups is 1. The zero-order chi connectivity index (χ0) is 15.2. The highest BCUT2D eigenvalue weighted by Gasteiger charge is 2.22. The van der Waals surface area contributed by atoms with Crippen LogP contribution in [0.2, 0.25) is 0 Å². The molecule has 0 saturated carbocycles. The Morgan fingerprint density at radius 1 is 1.30 bits per heavy atom. The number of rotatable bonds is 5. The summed E-state index contributed by atoms with van der Waals surface area (Å²) >= 11 is 3.41. The summed E-state index contributed by atoms with van der Waals surface area (Å²) in [7, 11) is 0. The molecule has 0 aliphatic rings. The van der Waals surface area contributed by atoms with E-state index in [1.807, 2.05) is 32.9 Å². The van der Waals surface area contributed by atoms with E-state index < -0.39 is 5.60 Å². The second kappa shape index (κ2) is 7.67. The summed E-state index contributed by atoms with van der Waals surface area (Å²) in [5.74, 6) is 0. The number of alkyl halides is 1. The second-order valence-corrected chi connectivity index (χ2v) is 6.66. The van der Waals surface area contributed by atoms with Crippen LogP contribution >= 0.6 is 15.9 Å². The van der Waals surface area contributed by atoms with Crippen LogP contribution in [0.1, 0.15) is 38.3 Å². The van der Waals surface area contributed by atoms with Crippen molar-refractivity contribution in [3.05, 3.63) is 35.4 Å². The lowest BCUT2D eigenvalue weighted by Crippen LogP contribution is -2.37. The maximum Gasteiger partial charge on any atom is 0.410 e. The molecule has 1 aromatic carbocycles. The van der Waals surface area contributed by atoms with Gasteiger partial charge in [-0.2, -0.15) is 0 Å². The van der Waals surface area contributed by atoms with E-state index >= 15 is 0 Å². The third-order valence-electron chi connectivity index (χ3n) is 2.84. The summed E-state index contributed by atoms with van der Waals surface area (Å²) < 4.78 is 5.48. The average Bonchev–Trinajstić information content (AvgIpc) is 2.34. The van der Waals surface area contributed by atoms with Crippen LogP contribution in [-0.2, 0) is 11.3 Å². The topological polar surface area (TPSA) is 29.5 Å². The van der Waals surface area contributed by atoms with Crippen molar-refractivity contribution < 1.29 is 9.53 Å². The Morgan fingerprint density at radius 2 is 1.95 bits per heavy atom. The molecule has 1 amide bonds. The van der Waals surface area contributed by atoms with Crippen LogP contribution in [0.25, 0.3) is 0 Å². The molecule has 20 heavy (non-hydrogen) atoms. The van der Waals surface area contributed by atoms with E-state index in [0.29, 0.717) is 13.1 Å². The number of halogens is 1. The highest BCUT2D eigenvalue weighted by Crippen LogP contribution is 2.15. The summed E-state index contributed by atoms with van der Waals surface area (Å²) in [6, 6.07) is 8.13. The molecule has 0 saturated heterocycles. The SMILES string of the molecule is Cc1ccccc1CN(CCCBr)C(=O)OC(C)(C)C. The molecule has 1 rings (SSSR count). The van der Waals surface area contributed by atoms with E-state index in [9.17, 15) is 4.79 Å². The molecule has 0 aliphatic carbocycles.